The number of pyridine rings is 1. The third-order valence-electron chi connectivity index (χ3n) is 4.54. The van der Waals surface area contributed by atoms with Gasteiger partial charge in [-0.1, -0.05) is 6.42 Å². The number of hydrogen-bond donors (Lipinski definition) is 1. The minimum Gasteiger partial charge on any atom is -0.320 e. The van der Waals surface area contributed by atoms with Crippen molar-refractivity contribution in [3.05, 3.63) is 51.1 Å². The van der Waals surface area contributed by atoms with Crippen LogP contribution in [0.1, 0.15) is 40.3 Å². The summed E-state index contributed by atoms with van der Waals surface area (Å²) in [5, 5.41) is 3.41. The lowest BCUT2D eigenvalue weighted by molar-refractivity contribution is 0.103. The summed E-state index contributed by atoms with van der Waals surface area (Å²) >= 11 is 1.29. The molecule has 6 nitrogen and oxygen atoms in total. The van der Waals surface area contributed by atoms with Crippen molar-refractivity contribution in [2.45, 2.75) is 39.2 Å². The van der Waals surface area contributed by atoms with Crippen LogP contribution in [0.15, 0.2) is 29.3 Å². The van der Waals surface area contributed by atoms with Crippen LogP contribution in [0.2, 0.25) is 0 Å². The van der Waals surface area contributed by atoms with Crippen LogP contribution in [-0.2, 0) is 13.0 Å². The number of nitrogens with one attached hydrogen (secondary N) is 1. The zero-order valence-electron chi connectivity index (χ0n) is 13.9. The van der Waals surface area contributed by atoms with Crippen molar-refractivity contribution < 1.29 is 4.79 Å². The SMILES string of the molecule is Cc1c(C(=O)Nc2cccnc2)sc2nc3n(c(=O)c12)CCCCC3. The van der Waals surface area contributed by atoms with E-state index in [-0.39, 0.29) is 11.5 Å². The molecular formula is C18H18N4O2S. The predicted molar refractivity (Wildman–Crippen MR) is 98.4 cm³/mol. The van der Waals surface area contributed by atoms with Gasteiger partial charge in [-0.3, -0.25) is 19.1 Å². The summed E-state index contributed by atoms with van der Waals surface area (Å²) in [6.45, 7) is 2.54. The highest BCUT2D eigenvalue weighted by atomic mass is 32.1. The van der Waals surface area contributed by atoms with Gasteiger partial charge in [0.2, 0.25) is 0 Å². The smallest absolute Gasteiger partial charge is 0.266 e. The maximum atomic E-state index is 12.9. The molecule has 0 aliphatic carbocycles. The van der Waals surface area contributed by atoms with Crippen LogP contribution in [0.5, 0.6) is 0 Å². The summed E-state index contributed by atoms with van der Waals surface area (Å²) in [6.07, 6.45) is 7.23. The van der Waals surface area contributed by atoms with Gasteiger partial charge in [-0.25, -0.2) is 4.98 Å². The third kappa shape index (κ3) is 2.84. The summed E-state index contributed by atoms with van der Waals surface area (Å²) in [5.74, 6) is 0.614. The molecule has 0 atom stereocenters. The van der Waals surface area contributed by atoms with E-state index in [9.17, 15) is 9.59 Å². The van der Waals surface area contributed by atoms with Gasteiger partial charge in [-0.05, 0) is 37.5 Å². The number of aromatic nitrogens is 3. The van der Waals surface area contributed by atoms with E-state index in [1.807, 2.05) is 6.92 Å². The molecule has 0 aromatic carbocycles. The van der Waals surface area contributed by atoms with E-state index >= 15 is 0 Å². The summed E-state index contributed by atoms with van der Waals surface area (Å²) in [6, 6.07) is 3.54. The van der Waals surface area contributed by atoms with E-state index in [0.29, 0.717) is 32.9 Å². The average molecular weight is 354 g/mol. The Balaban J connectivity index is 1.79. The number of hydrogen-bond acceptors (Lipinski definition) is 5. The van der Waals surface area contributed by atoms with Crippen LogP contribution >= 0.6 is 11.3 Å². The quantitative estimate of drug-likeness (QED) is 0.767. The summed E-state index contributed by atoms with van der Waals surface area (Å²) in [4.78, 5) is 35.4. The Morgan fingerprint density at radius 2 is 2.20 bits per heavy atom. The highest BCUT2D eigenvalue weighted by Crippen LogP contribution is 2.29. The Labute approximate surface area is 148 Å². The Bertz CT molecular complexity index is 1010. The topological polar surface area (TPSA) is 76.9 Å². The zero-order valence-corrected chi connectivity index (χ0v) is 14.7. The Morgan fingerprint density at radius 1 is 1.32 bits per heavy atom. The number of rotatable bonds is 2. The van der Waals surface area contributed by atoms with Crippen molar-refractivity contribution in [2.75, 3.05) is 5.32 Å². The molecule has 3 aromatic heterocycles. The van der Waals surface area contributed by atoms with Gasteiger partial charge in [0, 0.05) is 19.2 Å². The van der Waals surface area contributed by atoms with Crippen LogP contribution in [0.4, 0.5) is 5.69 Å². The highest BCUT2D eigenvalue weighted by Gasteiger charge is 2.22. The molecule has 7 heteroatoms. The molecule has 0 radical (unpaired) electrons. The van der Waals surface area contributed by atoms with E-state index in [1.165, 1.54) is 11.3 Å². The Morgan fingerprint density at radius 3 is 3.00 bits per heavy atom. The van der Waals surface area contributed by atoms with Gasteiger partial charge < -0.3 is 5.32 Å². The fourth-order valence-electron chi connectivity index (χ4n) is 3.25. The lowest BCUT2D eigenvalue weighted by atomic mass is 10.2. The van der Waals surface area contributed by atoms with Crippen LogP contribution in [0, 0.1) is 6.92 Å². The van der Waals surface area contributed by atoms with Crippen molar-refractivity contribution in [3.63, 3.8) is 0 Å². The minimum atomic E-state index is -0.229. The van der Waals surface area contributed by atoms with Crippen LogP contribution in [0.25, 0.3) is 10.2 Å². The fourth-order valence-corrected chi connectivity index (χ4v) is 4.34. The molecule has 128 valence electrons. The molecule has 1 aliphatic heterocycles. The lowest BCUT2D eigenvalue weighted by Crippen LogP contribution is -2.24. The van der Waals surface area contributed by atoms with Gasteiger partial charge in [-0.2, -0.15) is 0 Å². The molecule has 0 bridgehead atoms. The second kappa shape index (κ2) is 6.40. The molecular weight excluding hydrogens is 336 g/mol. The molecule has 0 saturated carbocycles. The maximum Gasteiger partial charge on any atom is 0.266 e. The van der Waals surface area contributed by atoms with Crippen LogP contribution in [-0.4, -0.2) is 20.4 Å². The number of nitrogens with zero attached hydrogens (tertiary/aromatic N) is 3. The first-order chi connectivity index (χ1) is 12.1. The molecule has 0 spiro atoms. The number of fused-ring (bicyclic) bond motifs is 2. The van der Waals surface area contributed by atoms with Crippen molar-refractivity contribution in [1.82, 2.24) is 14.5 Å². The van der Waals surface area contributed by atoms with Gasteiger partial charge in [0.25, 0.3) is 11.5 Å². The standard InChI is InChI=1S/C18H18N4O2S/c1-11-14-17(21-13-7-3-2-4-9-22(13)18(14)24)25-15(11)16(23)20-12-6-5-8-19-10-12/h5-6,8,10H,2-4,7,9H2,1H3,(H,20,23). The first-order valence-electron chi connectivity index (χ1n) is 8.39. The summed E-state index contributed by atoms with van der Waals surface area (Å²) < 4.78 is 1.79. The van der Waals surface area contributed by atoms with E-state index in [2.05, 4.69) is 10.3 Å². The predicted octanol–water partition coefficient (Wildman–Crippen LogP) is 3.14. The van der Waals surface area contributed by atoms with Gasteiger partial charge >= 0.3 is 0 Å². The molecule has 0 unspecified atom stereocenters. The molecule has 1 amide bonds. The molecule has 25 heavy (non-hydrogen) atoms. The molecule has 3 aromatic rings. The van der Waals surface area contributed by atoms with E-state index in [4.69, 9.17) is 4.98 Å². The van der Waals surface area contributed by atoms with Gasteiger partial charge in [-0.15, -0.1) is 11.3 Å². The number of anilines is 1. The maximum absolute atomic E-state index is 12.9. The summed E-state index contributed by atoms with van der Waals surface area (Å²) in [7, 11) is 0. The molecule has 1 N–H and O–H groups in total. The molecule has 4 heterocycles. The van der Waals surface area contributed by atoms with E-state index < -0.39 is 0 Å². The average Bonchev–Trinajstić information content (AvgIpc) is 2.79. The first-order valence-corrected chi connectivity index (χ1v) is 9.21. The normalized spacial score (nSPS) is 14.1. The van der Waals surface area contributed by atoms with Crippen molar-refractivity contribution >= 4 is 33.1 Å². The van der Waals surface area contributed by atoms with E-state index in [1.54, 1.807) is 29.1 Å². The fraction of sp³-hybridized carbons (Fsp3) is 0.333. The third-order valence-corrected chi connectivity index (χ3v) is 5.72. The van der Waals surface area contributed by atoms with Gasteiger partial charge in [0.15, 0.2) is 0 Å². The number of carbonyl (C=O) groups excluding carboxylic acids is 1. The van der Waals surface area contributed by atoms with Crippen LogP contribution < -0.4 is 10.9 Å². The molecule has 0 saturated heterocycles. The van der Waals surface area contributed by atoms with Crippen molar-refractivity contribution in [3.8, 4) is 0 Å². The van der Waals surface area contributed by atoms with Crippen LogP contribution in [0.3, 0.4) is 0 Å². The minimum absolute atomic E-state index is 0.0175. The molecule has 4 rings (SSSR count). The number of amides is 1. The monoisotopic (exact) mass is 354 g/mol. The Hall–Kier alpha value is -2.54. The largest absolute Gasteiger partial charge is 0.320 e. The van der Waals surface area contributed by atoms with E-state index in [0.717, 1.165) is 31.5 Å². The van der Waals surface area contributed by atoms with Crippen molar-refractivity contribution in [2.24, 2.45) is 0 Å². The molecule has 1 aliphatic rings. The zero-order chi connectivity index (χ0) is 17.4. The highest BCUT2D eigenvalue weighted by molar-refractivity contribution is 7.20. The second-order valence-corrected chi connectivity index (χ2v) is 7.23. The lowest BCUT2D eigenvalue weighted by Gasteiger charge is -2.08. The van der Waals surface area contributed by atoms with Gasteiger partial charge in [0.05, 0.1) is 22.1 Å². The second-order valence-electron chi connectivity index (χ2n) is 6.23. The number of aryl methyl sites for hydroxylation is 2. The molecule has 0 fully saturated rings. The number of thiophene rings is 1. The first kappa shape index (κ1) is 16.0. The van der Waals surface area contributed by atoms with Crippen molar-refractivity contribution in [1.29, 1.82) is 0 Å². The Kier molecular flexibility index (Phi) is 4.09. The van der Waals surface area contributed by atoms with Gasteiger partial charge in [0.1, 0.15) is 10.7 Å². The summed E-state index contributed by atoms with van der Waals surface area (Å²) in [5.41, 5.74) is 1.32. The number of carbonyl (C=O) groups is 1.